The summed E-state index contributed by atoms with van der Waals surface area (Å²) in [7, 11) is -4.40. The number of allylic oxidation sites excluding steroid dienone is 18. The molecule has 9 nitrogen and oxygen atoms in total. The van der Waals surface area contributed by atoms with Gasteiger partial charge in [-0.15, -0.1) is 0 Å². The molecule has 2 unspecified atom stereocenters. The number of carbonyl (C=O) groups excluding carboxylic acids is 2. The molecule has 0 aromatic carbocycles. The van der Waals surface area contributed by atoms with E-state index in [-0.39, 0.29) is 38.6 Å². The zero-order valence-electron chi connectivity index (χ0n) is 60.7. The summed E-state index contributed by atoms with van der Waals surface area (Å²) in [5.74, 6) is -0.813. The fraction of sp³-hybridized carbons (Fsp3) is 0.759. The second-order valence-corrected chi connectivity index (χ2v) is 27.7. The third-order valence-corrected chi connectivity index (χ3v) is 18.1. The molecule has 0 fully saturated rings. The maximum absolute atomic E-state index is 12.8. The van der Waals surface area contributed by atoms with Crippen molar-refractivity contribution in [3.8, 4) is 0 Å². The van der Waals surface area contributed by atoms with Gasteiger partial charge in [0.15, 0.2) is 6.10 Å². The lowest BCUT2D eigenvalue weighted by atomic mass is 10.0. The Bertz CT molecular complexity index is 1900. The van der Waals surface area contributed by atoms with E-state index >= 15 is 0 Å². The van der Waals surface area contributed by atoms with Gasteiger partial charge in [-0.3, -0.25) is 18.6 Å². The second kappa shape index (κ2) is 77.7. The average Bonchev–Trinajstić information content (AvgIpc) is 3.70. The molecule has 3 N–H and O–H groups in total. The number of carbonyl (C=O) groups is 2. The smallest absolute Gasteiger partial charge is 0.462 e. The first-order chi connectivity index (χ1) is 45.8. The van der Waals surface area contributed by atoms with Crippen LogP contribution in [-0.2, 0) is 32.7 Å². The van der Waals surface area contributed by atoms with E-state index in [0.29, 0.717) is 6.42 Å². The predicted octanol–water partition coefficient (Wildman–Crippen LogP) is 26.4. The van der Waals surface area contributed by atoms with Crippen LogP contribution in [0.2, 0.25) is 0 Å². The average molecular weight is 1320 g/mol. The first-order valence-corrected chi connectivity index (χ1v) is 40.9. The standard InChI is InChI=1S/C83H148NO8P/c1-3-5-7-9-11-13-15-17-19-21-23-25-27-29-31-33-35-37-39-40-42-43-45-47-49-51-53-55-57-59-61-63-65-67-69-71-73-75-82(85)89-79-81(80-91-93(87,88)90-78-77-84)92-83(86)76-74-72-70-68-66-64-62-60-58-56-54-52-50-48-46-44-41-38-36-34-32-30-28-26-24-22-20-18-16-14-12-10-8-6-4-2/h6,8,12,14-15,17-18,20-21,23-24,26-27,29-30,32,36,38,81H,3-5,7,9-11,13,16,19,22,25,28,31,33-35,37,39-80,84H2,1-2H3,(H,87,88)/b8-6-,14-12-,17-15-,20-18-,23-21-,26-24-,29-27-,32-30-,38-36-. The molecule has 0 aromatic heterocycles. The van der Waals surface area contributed by atoms with E-state index in [1.807, 2.05) is 0 Å². The number of hydrogen-bond donors (Lipinski definition) is 2. The Labute approximate surface area is 575 Å². The van der Waals surface area contributed by atoms with Crippen molar-refractivity contribution in [2.75, 3.05) is 26.4 Å². The van der Waals surface area contributed by atoms with Gasteiger partial charge in [0.2, 0.25) is 0 Å². The highest BCUT2D eigenvalue weighted by molar-refractivity contribution is 7.47. The summed E-state index contributed by atoms with van der Waals surface area (Å²) >= 11 is 0. The molecule has 0 heterocycles. The van der Waals surface area contributed by atoms with Gasteiger partial charge < -0.3 is 20.1 Å². The third kappa shape index (κ3) is 77.6. The van der Waals surface area contributed by atoms with E-state index in [4.69, 9.17) is 24.3 Å². The summed E-state index contributed by atoms with van der Waals surface area (Å²) < 4.78 is 33.3. The molecular weight excluding hydrogens is 1170 g/mol. The molecular formula is C83H148NO8P. The lowest BCUT2D eigenvalue weighted by molar-refractivity contribution is -0.161. The molecule has 538 valence electrons. The van der Waals surface area contributed by atoms with Crippen molar-refractivity contribution in [1.82, 2.24) is 0 Å². The van der Waals surface area contributed by atoms with Gasteiger partial charge in [-0.05, 0) is 103 Å². The lowest BCUT2D eigenvalue weighted by Gasteiger charge is -2.19. The van der Waals surface area contributed by atoms with Crippen molar-refractivity contribution >= 4 is 19.8 Å². The van der Waals surface area contributed by atoms with Gasteiger partial charge in [-0.1, -0.05) is 367 Å². The number of phosphoric ester groups is 1. The van der Waals surface area contributed by atoms with Crippen LogP contribution in [0.4, 0.5) is 0 Å². The molecule has 0 spiro atoms. The molecule has 10 heteroatoms. The van der Waals surface area contributed by atoms with Crippen LogP contribution in [0.3, 0.4) is 0 Å². The molecule has 0 aliphatic rings. The van der Waals surface area contributed by atoms with Crippen LogP contribution in [0.15, 0.2) is 109 Å². The SMILES string of the molecule is CC/C=C\C/C=C\C/C=C\C/C=C\C/C=C\C/C=C\CCCCCCCCCCCCCCCCCCC(=O)OC(COC(=O)CCCCCCCCCCCCCCCCCCCCCCCC/C=C\C/C=C\C/C=C\CCCCCCC)COP(=O)(O)OCCN. The van der Waals surface area contributed by atoms with Crippen LogP contribution >= 0.6 is 7.82 Å². The van der Waals surface area contributed by atoms with Gasteiger partial charge in [-0.2, -0.15) is 0 Å². The number of nitrogens with two attached hydrogens (primary N) is 1. The summed E-state index contributed by atoms with van der Waals surface area (Å²) in [5.41, 5.74) is 5.41. The quantitative estimate of drug-likeness (QED) is 0.0264. The summed E-state index contributed by atoms with van der Waals surface area (Å²) in [6.07, 6.45) is 108. The van der Waals surface area contributed by atoms with Gasteiger partial charge in [0.25, 0.3) is 0 Å². The minimum atomic E-state index is -4.40. The Morgan fingerprint density at radius 1 is 0.333 bits per heavy atom. The van der Waals surface area contributed by atoms with Crippen molar-refractivity contribution in [3.63, 3.8) is 0 Å². The van der Waals surface area contributed by atoms with Crippen molar-refractivity contribution in [3.05, 3.63) is 109 Å². The number of esters is 2. The largest absolute Gasteiger partial charge is 0.472 e. The molecule has 0 saturated heterocycles. The zero-order valence-corrected chi connectivity index (χ0v) is 61.6. The molecule has 0 aliphatic carbocycles. The topological polar surface area (TPSA) is 134 Å². The van der Waals surface area contributed by atoms with Crippen molar-refractivity contribution < 1.29 is 37.6 Å². The highest BCUT2D eigenvalue weighted by Gasteiger charge is 2.26. The third-order valence-electron chi connectivity index (χ3n) is 17.1. The molecule has 0 rings (SSSR count). The molecule has 0 saturated carbocycles. The number of hydrogen-bond acceptors (Lipinski definition) is 8. The van der Waals surface area contributed by atoms with Gasteiger partial charge in [0.1, 0.15) is 6.61 Å². The summed E-state index contributed by atoms with van der Waals surface area (Å²) in [6.45, 7) is 3.67. The number of rotatable bonds is 74. The second-order valence-electron chi connectivity index (χ2n) is 26.2. The normalized spacial score (nSPS) is 13.5. The van der Waals surface area contributed by atoms with E-state index in [1.165, 1.54) is 250 Å². The monoisotopic (exact) mass is 1320 g/mol. The fourth-order valence-electron chi connectivity index (χ4n) is 11.4. The highest BCUT2D eigenvalue weighted by atomic mass is 31.2. The number of unbranched alkanes of at least 4 members (excludes halogenated alkanes) is 43. The molecule has 0 radical (unpaired) electrons. The lowest BCUT2D eigenvalue weighted by Crippen LogP contribution is -2.29. The summed E-state index contributed by atoms with van der Waals surface area (Å²) in [5, 5.41) is 0. The van der Waals surface area contributed by atoms with Gasteiger partial charge in [0.05, 0.1) is 13.2 Å². The Hall–Kier alpha value is -3.33. The predicted molar refractivity (Wildman–Crippen MR) is 404 cm³/mol. The molecule has 93 heavy (non-hydrogen) atoms. The first kappa shape index (κ1) is 89.7. The van der Waals surface area contributed by atoms with E-state index < -0.39 is 26.5 Å². The van der Waals surface area contributed by atoms with E-state index in [0.717, 1.165) is 89.9 Å². The molecule has 0 aromatic rings. The van der Waals surface area contributed by atoms with E-state index in [9.17, 15) is 19.0 Å². The van der Waals surface area contributed by atoms with Crippen LogP contribution in [0.5, 0.6) is 0 Å². The van der Waals surface area contributed by atoms with Gasteiger partial charge in [0, 0.05) is 19.4 Å². The molecule has 0 aliphatic heterocycles. The van der Waals surface area contributed by atoms with E-state index in [1.54, 1.807) is 0 Å². The Balaban J connectivity index is 3.81. The van der Waals surface area contributed by atoms with E-state index in [2.05, 4.69) is 123 Å². The molecule has 0 bridgehead atoms. The molecule has 2 atom stereocenters. The van der Waals surface area contributed by atoms with Crippen molar-refractivity contribution in [1.29, 1.82) is 0 Å². The maximum Gasteiger partial charge on any atom is 0.472 e. The minimum absolute atomic E-state index is 0.0520. The Morgan fingerprint density at radius 3 is 0.882 bits per heavy atom. The number of phosphoric acid groups is 1. The maximum atomic E-state index is 12.8. The van der Waals surface area contributed by atoms with Gasteiger partial charge >= 0.3 is 19.8 Å². The summed E-state index contributed by atoms with van der Waals surface area (Å²) in [4.78, 5) is 35.5. The summed E-state index contributed by atoms with van der Waals surface area (Å²) in [6, 6.07) is 0. The Kier molecular flexibility index (Phi) is 74.9. The van der Waals surface area contributed by atoms with Crippen LogP contribution < -0.4 is 5.73 Å². The van der Waals surface area contributed by atoms with Crippen molar-refractivity contribution in [2.24, 2.45) is 5.73 Å². The Morgan fingerprint density at radius 2 is 0.591 bits per heavy atom. The number of ether oxygens (including phenoxy) is 2. The van der Waals surface area contributed by atoms with Crippen LogP contribution in [-0.4, -0.2) is 49.3 Å². The van der Waals surface area contributed by atoms with Crippen LogP contribution in [0.1, 0.15) is 373 Å². The van der Waals surface area contributed by atoms with Crippen LogP contribution in [0.25, 0.3) is 0 Å². The zero-order chi connectivity index (χ0) is 67.2. The highest BCUT2D eigenvalue weighted by Crippen LogP contribution is 2.43. The minimum Gasteiger partial charge on any atom is -0.462 e. The van der Waals surface area contributed by atoms with Crippen LogP contribution in [0, 0.1) is 0 Å². The fourth-order valence-corrected chi connectivity index (χ4v) is 12.1. The molecule has 0 amide bonds. The van der Waals surface area contributed by atoms with Gasteiger partial charge in [-0.25, -0.2) is 4.57 Å². The van der Waals surface area contributed by atoms with Crippen molar-refractivity contribution in [2.45, 2.75) is 380 Å². The first-order valence-electron chi connectivity index (χ1n) is 39.4.